The molecule has 130 valence electrons. The second kappa shape index (κ2) is 8.18. The lowest BCUT2D eigenvalue weighted by molar-refractivity contribution is -0.886. The van der Waals surface area contributed by atoms with Crippen LogP contribution in [-0.2, 0) is 17.9 Å². The Hall–Kier alpha value is -2.31. The Labute approximate surface area is 154 Å². The van der Waals surface area contributed by atoms with Crippen LogP contribution >= 0.6 is 15.9 Å². The van der Waals surface area contributed by atoms with Gasteiger partial charge in [0, 0.05) is 10.0 Å². The molecule has 2 heterocycles. The average Bonchev–Trinajstić information content (AvgIpc) is 3.25. The molecule has 1 unspecified atom stereocenters. The summed E-state index contributed by atoms with van der Waals surface area (Å²) in [5.41, 5.74) is 1.03. The summed E-state index contributed by atoms with van der Waals surface area (Å²) in [7, 11) is 1.97. The fourth-order valence-corrected chi connectivity index (χ4v) is 2.80. The van der Waals surface area contributed by atoms with E-state index in [4.69, 9.17) is 8.83 Å². The molecule has 1 amide bonds. The van der Waals surface area contributed by atoms with Gasteiger partial charge in [-0.25, -0.2) is 0 Å². The zero-order valence-corrected chi connectivity index (χ0v) is 15.5. The minimum atomic E-state index is -0.0198. The molecule has 0 saturated carbocycles. The summed E-state index contributed by atoms with van der Waals surface area (Å²) in [6.45, 7) is 1.42. The first-order chi connectivity index (χ1) is 12.1. The lowest BCUT2D eigenvalue weighted by Crippen LogP contribution is -3.08. The molecular formula is C19H20BrN2O3+. The normalized spacial score (nSPS) is 12.1. The van der Waals surface area contributed by atoms with Crippen molar-refractivity contribution < 1.29 is 18.5 Å². The maximum absolute atomic E-state index is 12.0. The van der Waals surface area contributed by atoms with Crippen LogP contribution in [0.3, 0.4) is 0 Å². The van der Waals surface area contributed by atoms with E-state index in [1.807, 2.05) is 49.5 Å². The molecule has 0 radical (unpaired) electrons. The van der Waals surface area contributed by atoms with Gasteiger partial charge in [-0.15, -0.1) is 0 Å². The van der Waals surface area contributed by atoms with Crippen molar-refractivity contribution in [2.45, 2.75) is 13.1 Å². The van der Waals surface area contributed by atoms with Gasteiger partial charge in [0.15, 0.2) is 12.3 Å². The van der Waals surface area contributed by atoms with Crippen LogP contribution in [0.1, 0.15) is 11.5 Å². The van der Waals surface area contributed by atoms with E-state index in [1.165, 1.54) is 0 Å². The van der Waals surface area contributed by atoms with Crippen molar-refractivity contribution in [3.63, 3.8) is 0 Å². The third-order valence-corrected chi connectivity index (χ3v) is 4.30. The number of carbonyl (C=O) groups excluding carboxylic acids is 1. The van der Waals surface area contributed by atoms with Gasteiger partial charge in [-0.1, -0.05) is 28.1 Å². The second-order valence-corrected chi connectivity index (χ2v) is 6.86. The minimum Gasteiger partial charge on any atom is -0.467 e. The number of hydrogen-bond donors (Lipinski definition) is 2. The molecule has 0 bridgehead atoms. The predicted molar refractivity (Wildman–Crippen MR) is 97.9 cm³/mol. The zero-order valence-electron chi connectivity index (χ0n) is 13.9. The van der Waals surface area contributed by atoms with Gasteiger partial charge in [-0.3, -0.25) is 4.79 Å². The molecule has 3 aromatic rings. The summed E-state index contributed by atoms with van der Waals surface area (Å²) >= 11 is 3.43. The van der Waals surface area contributed by atoms with Gasteiger partial charge in [-0.05, 0) is 36.4 Å². The van der Waals surface area contributed by atoms with Crippen LogP contribution in [0, 0.1) is 0 Å². The summed E-state index contributed by atoms with van der Waals surface area (Å²) in [5, 5.41) is 2.85. The standard InChI is InChI=1S/C19H19BrN2O3/c1-22(13-19(23)21-11-16-3-2-10-24-16)12-17-8-9-18(25-17)14-4-6-15(20)7-5-14/h2-10H,11-13H2,1H3,(H,21,23)/p+1. The van der Waals surface area contributed by atoms with Crippen molar-refractivity contribution >= 4 is 21.8 Å². The molecule has 0 aliphatic carbocycles. The molecule has 0 saturated heterocycles. The molecule has 0 spiro atoms. The summed E-state index contributed by atoms with van der Waals surface area (Å²) in [6.07, 6.45) is 1.60. The SMILES string of the molecule is C[NH+](CC(=O)NCc1ccco1)Cc1ccc(-c2ccc(Br)cc2)o1. The van der Waals surface area contributed by atoms with Gasteiger partial charge in [-0.2, -0.15) is 0 Å². The summed E-state index contributed by atoms with van der Waals surface area (Å²) in [6, 6.07) is 15.5. The van der Waals surface area contributed by atoms with Crippen molar-refractivity contribution in [2.24, 2.45) is 0 Å². The number of quaternary nitrogens is 1. The van der Waals surface area contributed by atoms with E-state index in [2.05, 4.69) is 21.2 Å². The number of furan rings is 2. The Kier molecular flexibility index (Phi) is 5.73. The van der Waals surface area contributed by atoms with Gasteiger partial charge in [0.2, 0.25) is 0 Å². The summed E-state index contributed by atoms with van der Waals surface area (Å²) < 4.78 is 12.1. The number of nitrogens with one attached hydrogen (secondary N) is 2. The van der Waals surface area contributed by atoms with Crippen molar-refractivity contribution in [2.75, 3.05) is 13.6 Å². The maximum atomic E-state index is 12.0. The molecule has 0 aliphatic rings. The Morgan fingerprint density at radius 1 is 1.12 bits per heavy atom. The third kappa shape index (κ3) is 5.08. The van der Waals surface area contributed by atoms with E-state index < -0.39 is 0 Å². The number of benzene rings is 1. The monoisotopic (exact) mass is 403 g/mol. The lowest BCUT2D eigenvalue weighted by atomic mass is 10.2. The van der Waals surface area contributed by atoms with Crippen LogP contribution in [0.25, 0.3) is 11.3 Å². The fraction of sp³-hybridized carbons (Fsp3) is 0.211. The molecule has 2 aromatic heterocycles. The maximum Gasteiger partial charge on any atom is 0.275 e. The molecule has 2 N–H and O–H groups in total. The summed E-state index contributed by atoms with van der Waals surface area (Å²) in [5.74, 6) is 2.41. The molecular weight excluding hydrogens is 384 g/mol. The second-order valence-electron chi connectivity index (χ2n) is 5.94. The number of hydrogen-bond acceptors (Lipinski definition) is 3. The van der Waals surface area contributed by atoms with Crippen LogP contribution in [0.2, 0.25) is 0 Å². The van der Waals surface area contributed by atoms with Crippen LogP contribution in [0.15, 0.2) is 68.1 Å². The number of amides is 1. The first-order valence-corrected chi connectivity index (χ1v) is 8.84. The molecule has 6 heteroatoms. The van der Waals surface area contributed by atoms with Crippen LogP contribution in [-0.4, -0.2) is 19.5 Å². The molecule has 0 aliphatic heterocycles. The van der Waals surface area contributed by atoms with E-state index in [0.717, 1.165) is 32.2 Å². The molecule has 3 rings (SSSR count). The number of likely N-dealkylation sites (N-methyl/N-ethyl adjacent to an activating group) is 1. The average molecular weight is 404 g/mol. The van der Waals surface area contributed by atoms with Gasteiger partial charge >= 0.3 is 0 Å². The van der Waals surface area contributed by atoms with Crippen molar-refractivity contribution in [3.8, 4) is 11.3 Å². The van der Waals surface area contributed by atoms with Gasteiger partial charge in [0.1, 0.15) is 18.1 Å². The molecule has 0 fully saturated rings. The largest absolute Gasteiger partial charge is 0.467 e. The Morgan fingerprint density at radius 3 is 2.64 bits per heavy atom. The van der Waals surface area contributed by atoms with E-state index in [1.54, 1.807) is 12.3 Å². The highest BCUT2D eigenvalue weighted by molar-refractivity contribution is 9.10. The number of rotatable bonds is 7. The Bertz CT molecular complexity index is 810. The summed E-state index contributed by atoms with van der Waals surface area (Å²) in [4.78, 5) is 13.0. The topological polar surface area (TPSA) is 59.8 Å². The highest BCUT2D eigenvalue weighted by atomic mass is 79.9. The molecule has 1 aromatic carbocycles. The van der Waals surface area contributed by atoms with E-state index in [0.29, 0.717) is 19.6 Å². The van der Waals surface area contributed by atoms with Crippen LogP contribution < -0.4 is 10.2 Å². The first-order valence-electron chi connectivity index (χ1n) is 8.05. The molecule has 25 heavy (non-hydrogen) atoms. The minimum absolute atomic E-state index is 0.0198. The van der Waals surface area contributed by atoms with Gasteiger partial charge < -0.3 is 19.1 Å². The van der Waals surface area contributed by atoms with Crippen molar-refractivity contribution in [1.82, 2.24) is 5.32 Å². The Morgan fingerprint density at radius 2 is 1.92 bits per heavy atom. The highest BCUT2D eigenvalue weighted by Crippen LogP contribution is 2.23. The fourth-order valence-electron chi connectivity index (χ4n) is 2.54. The van der Waals surface area contributed by atoms with E-state index in [-0.39, 0.29) is 5.91 Å². The smallest absolute Gasteiger partial charge is 0.275 e. The number of carbonyl (C=O) groups is 1. The van der Waals surface area contributed by atoms with E-state index >= 15 is 0 Å². The quantitative estimate of drug-likeness (QED) is 0.637. The van der Waals surface area contributed by atoms with Gasteiger partial charge in [0.05, 0.1) is 19.9 Å². The Balaban J connectivity index is 1.50. The zero-order chi connectivity index (χ0) is 17.6. The predicted octanol–water partition coefficient (Wildman–Crippen LogP) is 2.63. The van der Waals surface area contributed by atoms with Crippen LogP contribution in [0.5, 0.6) is 0 Å². The van der Waals surface area contributed by atoms with Gasteiger partial charge in [0.25, 0.3) is 5.91 Å². The highest BCUT2D eigenvalue weighted by Gasteiger charge is 2.13. The first kappa shape index (κ1) is 17.5. The van der Waals surface area contributed by atoms with Crippen molar-refractivity contribution in [3.05, 3.63) is 70.8 Å². The van der Waals surface area contributed by atoms with E-state index in [9.17, 15) is 4.79 Å². The van der Waals surface area contributed by atoms with Crippen molar-refractivity contribution in [1.29, 1.82) is 0 Å². The van der Waals surface area contributed by atoms with Crippen LogP contribution in [0.4, 0.5) is 0 Å². The lowest BCUT2D eigenvalue weighted by Gasteiger charge is -2.12. The molecule has 5 nitrogen and oxygen atoms in total. The third-order valence-electron chi connectivity index (χ3n) is 3.77. The number of halogens is 1. The molecule has 1 atom stereocenters.